The van der Waals surface area contributed by atoms with E-state index in [9.17, 15) is 13.2 Å². The summed E-state index contributed by atoms with van der Waals surface area (Å²) in [5.74, 6) is -0.0584. The normalized spacial score (nSPS) is 11.5. The predicted octanol–water partition coefficient (Wildman–Crippen LogP) is 4.28. The lowest BCUT2D eigenvalue weighted by Gasteiger charge is -2.02. The number of nitrogens with one attached hydrogen (secondary N) is 1. The molecule has 0 aliphatic heterocycles. The molecule has 3 rings (SSSR count). The van der Waals surface area contributed by atoms with Gasteiger partial charge in [-0.05, 0) is 40.2 Å². The first kappa shape index (κ1) is 17.5. The molecule has 0 aliphatic carbocycles. The highest BCUT2D eigenvalue weighted by Gasteiger charge is 2.17. The Bertz CT molecular complexity index is 961. The summed E-state index contributed by atoms with van der Waals surface area (Å²) in [4.78, 5) is 13.7. The standard InChI is InChI=1S/C16H12BrNO3S3/c17-14-8-9-15(23-14)24(20,21)18-10-12-6-7-13(22-12)16(19)11-4-2-1-3-5-11/h1-9,18H,10H2. The van der Waals surface area contributed by atoms with Crippen LogP contribution in [0.4, 0.5) is 0 Å². The molecule has 0 fully saturated rings. The minimum atomic E-state index is -3.54. The molecule has 2 heterocycles. The van der Waals surface area contributed by atoms with Crippen LogP contribution in [0.3, 0.4) is 0 Å². The average molecular weight is 442 g/mol. The predicted molar refractivity (Wildman–Crippen MR) is 100 cm³/mol. The summed E-state index contributed by atoms with van der Waals surface area (Å²) in [6.07, 6.45) is 0. The van der Waals surface area contributed by atoms with Crippen molar-refractivity contribution in [1.82, 2.24) is 4.72 Å². The quantitative estimate of drug-likeness (QED) is 0.580. The molecule has 0 atom stereocenters. The number of halogens is 1. The smallest absolute Gasteiger partial charge is 0.250 e. The van der Waals surface area contributed by atoms with E-state index in [2.05, 4.69) is 20.7 Å². The fraction of sp³-hybridized carbons (Fsp3) is 0.0625. The Morgan fingerprint density at radius 1 is 1.00 bits per heavy atom. The molecule has 0 saturated carbocycles. The fourth-order valence-corrected chi connectivity index (χ4v) is 6.07. The largest absolute Gasteiger partial charge is 0.288 e. The summed E-state index contributed by atoms with van der Waals surface area (Å²) in [7, 11) is -3.54. The second kappa shape index (κ2) is 7.28. The molecule has 4 nitrogen and oxygen atoms in total. The van der Waals surface area contributed by atoms with Crippen LogP contribution in [0.25, 0.3) is 0 Å². The van der Waals surface area contributed by atoms with Crippen molar-refractivity contribution in [2.75, 3.05) is 0 Å². The maximum absolute atomic E-state index is 12.4. The van der Waals surface area contributed by atoms with E-state index in [0.29, 0.717) is 10.4 Å². The second-order valence-corrected chi connectivity index (χ2v) is 10.5. The van der Waals surface area contributed by atoms with Gasteiger partial charge >= 0.3 is 0 Å². The molecule has 0 saturated heterocycles. The van der Waals surface area contributed by atoms with Gasteiger partial charge in [-0.15, -0.1) is 22.7 Å². The van der Waals surface area contributed by atoms with Crippen molar-refractivity contribution in [1.29, 1.82) is 0 Å². The Morgan fingerprint density at radius 3 is 2.42 bits per heavy atom. The third kappa shape index (κ3) is 4.01. The molecule has 0 radical (unpaired) electrons. The Kier molecular flexibility index (Phi) is 5.31. The number of carbonyl (C=O) groups is 1. The molecule has 1 N–H and O–H groups in total. The lowest BCUT2D eigenvalue weighted by atomic mass is 10.1. The average Bonchev–Trinajstić information content (AvgIpc) is 3.22. The summed E-state index contributed by atoms with van der Waals surface area (Å²) in [6.45, 7) is 0.157. The second-order valence-electron chi connectivity index (χ2n) is 4.84. The molecule has 124 valence electrons. The van der Waals surface area contributed by atoms with Gasteiger partial charge in [-0.2, -0.15) is 0 Å². The van der Waals surface area contributed by atoms with Gasteiger partial charge in [0.1, 0.15) is 4.21 Å². The highest BCUT2D eigenvalue weighted by Crippen LogP contribution is 2.26. The number of hydrogen-bond acceptors (Lipinski definition) is 5. The number of ketones is 1. The Labute approximate surface area is 156 Å². The van der Waals surface area contributed by atoms with Crippen LogP contribution in [-0.2, 0) is 16.6 Å². The van der Waals surface area contributed by atoms with Gasteiger partial charge in [-0.1, -0.05) is 30.3 Å². The summed E-state index contributed by atoms with van der Waals surface area (Å²) in [6, 6.07) is 15.8. The lowest BCUT2D eigenvalue weighted by molar-refractivity contribution is 0.104. The Morgan fingerprint density at radius 2 is 1.75 bits per heavy atom. The van der Waals surface area contributed by atoms with Crippen LogP contribution in [-0.4, -0.2) is 14.2 Å². The minimum Gasteiger partial charge on any atom is -0.288 e. The number of sulfonamides is 1. The maximum Gasteiger partial charge on any atom is 0.250 e. The first-order chi connectivity index (χ1) is 11.5. The fourth-order valence-electron chi connectivity index (χ4n) is 2.01. The van der Waals surface area contributed by atoms with Crippen molar-refractivity contribution >= 4 is 54.4 Å². The maximum atomic E-state index is 12.4. The van der Waals surface area contributed by atoms with Crippen LogP contribution in [0, 0.1) is 0 Å². The molecule has 1 aromatic carbocycles. The number of thiophene rings is 2. The van der Waals surface area contributed by atoms with Crippen LogP contribution in [0.5, 0.6) is 0 Å². The van der Waals surface area contributed by atoms with E-state index in [-0.39, 0.29) is 16.5 Å². The number of carbonyl (C=O) groups excluding carboxylic acids is 1. The molecule has 0 unspecified atom stereocenters. The van der Waals surface area contributed by atoms with Crippen molar-refractivity contribution < 1.29 is 13.2 Å². The Balaban J connectivity index is 1.70. The zero-order valence-corrected chi connectivity index (χ0v) is 16.3. The molecule has 0 amide bonds. The molecular weight excluding hydrogens is 430 g/mol. The molecule has 2 aromatic heterocycles. The van der Waals surface area contributed by atoms with Gasteiger partial charge < -0.3 is 0 Å². The van der Waals surface area contributed by atoms with E-state index < -0.39 is 10.0 Å². The zero-order chi connectivity index (χ0) is 17.2. The topological polar surface area (TPSA) is 63.2 Å². The van der Waals surface area contributed by atoms with Gasteiger partial charge in [0.05, 0.1) is 8.66 Å². The minimum absolute atomic E-state index is 0.0584. The molecular formula is C16H12BrNO3S3. The highest BCUT2D eigenvalue weighted by atomic mass is 79.9. The molecule has 3 aromatic rings. The van der Waals surface area contributed by atoms with Gasteiger partial charge in [0.25, 0.3) is 0 Å². The summed E-state index contributed by atoms with van der Waals surface area (Å²) < 4.78 is 28.0. The van der Waals surface area contributed by atoms with Crippen LogP contribution >= 0.6 is 38.6 Å². The van der Waals surface area contributed by atoms with Crippen molar-refractivity contribution in [3.05, 3.63) is 73.7 Å². The SMILES string of the molecule is O=C(c1ccccc1)c1ccc(CNS(=O)(=O)c2ccc(Br)s2)s1. The van der Waals surface area contributed by atoms with Gasteiger partial charge in [-0.25, -0.2) is 13.1 Å². The Hall–Kier alpha value is -1.32. The number of hydrogen-bond donors (Lipinski definition) is 1. The van der Waals surface area contributed by atoms with Gasteiger partial charge in [-0.3, -0.25) is 4.79 Å². The van der Waals surface area contributed by atoms with Gasteiger partial charge in [0, 0.05) is 17.0 Å². The number of benzene rings is 1. The van der Waals surface area contributed by atoms with Crippen LogP contribution < -0.4 is 4.72 Å². The van der Waals surface area contributed by atoms with Crippen molar-refractivity contribution in [3.63, 3.8) is 0 Å². The van der Waals surface area contributed by atoms with E-state index in [1.54, 1.807) is 36.4 Å². The van der Waals surface area contributed by atoms with E-state index in [1.165, 1.54) is 11.3 Å². The molecule has 0 aliphatic rings. The van der Waals surface area contributed by atoms with Crippen LogP contribution in [0.1, 0.15) is 20.1 Å². The third-order valence-electron chi connectivity index (χ3n) is 3.17. The molecule has 24 heavy (non-hydrogen) atoms. The third-order valence-corrected chi connectivity index (χ3v) is 7.77. The number of rotatable bonds is 6. The zero-order valence-electron chi connectivity index (χ0n) is 12.2. The van der Waals surface area contributed by atoms with E-state index >= 15 is 0 Å². The first-order valence-electron chi connectivity index (χ1n) is 6.89. The van der Waals surface area contributed by atoms with Crippen LogP contribution in [0.2, 0.25) is 0 Å². The van der Waals surface area contributed by atoms with Crippen molar-refractivity contribution in [3.8, 4) is 0 Å². The van der Waals surface area contributed by atoms with E-state index in [1.807, 2.05) is 18.2 Å². The molecule has 0 spiro atoms. The van der Waals surface area contributed by atoms with Crippen molar-refractivity contribution in [2.24, 2.45) is 0 Å². The molecule has 0 bridgehead atoms. The first-order valence-corrected chi connectivity index (χ1v) is 10.8. The van der Waals surface area contributed by atoms with Crippen LogP contribution in [0.15, 0.2) is 62.6 Å². The van der Waals surface area contributed by atoms with Gasteiger partial charge in [0.2, 0.25) is 15.8 Å². The monoisotopic (exact) mass is 441 g/mol. The van der Waals surface area contributed by atoms with Crippen molar-refractivity contribution in [2.45, 2.75) is 10.8 Å². The summed E-state index contributed by atoms with van der Waals surface area (Å²) in [5, 5.41) is 0. The summed E-state index contributed by atoms with van der Waals surface area (Å²) >= 11 is 5.70. The lowest BCUT2D eigenvalue weighted by Crippen LogP contribution is -2.21. The highest BCUT2D eigenvalue weighted by molar-refractivity contribution is 9.11. The van der Waals surface area contributed by atoms with E-state index in [4.69, 9.17) is 0 Å². The summed E-state index contributed by atoms with van der Waals surface area (Å²) in [5.41, 5.74) is 0.620. The van der Waals surface area contributed by atoms with E-state index in [0.717, 1.165) is 20.0 Å². The van der Waals surface area contributed by atoms with Gasteiger partial charge in [0.15, 0.2) is 0 Å². The molecule has 8 heteroatoms.